The van der Waals surface area contributed by atoms with Crippen LogP contribution in [0.15, 0.2) is 22.8 Å². The number of carboxylic acid groups (broad SMARTS) is 1. The summed E-state index contributed by atoms with van der Waals surface area (Å²) in [5.74, 6) is -0.813. The van der Waals surface area contributed by atoms with Crippen LogP contribution in [0.25, 0.3) is 0 Å². The Kier molecular flexibility index (Phi) is 6.52. The lowest BCUT2D eigenvalue weighted by atomic mass is 9.89. The van der Waals surface area contributed by atoms with Crippen LogP contribution in [0, 0.1) is 5.92 Å². The maximum atomic E-state index is 12.0. The number of hydrogen-bond donors (Lipinski definition) is 1. The number of carboxylic acids is 1. The third-order valence-corrected chi connectivity index (χ3v) is 5.48. The minimum absolute atomic E-state index is 0.109. The number of amides is 1. The fourth-order valence-electron chi connectivity index (χ4n) is 3.61. The fraction of sp³-hybridized carbons (Fsp3) is 0.684. The predicted molar refractivity (Wildman–Crippen MR) is 94.9 cm³/mol. The van der Waals surface area contributed by atoms with E-state index >= 15 is 0 Å². The minimum Gasteiger partial charge on any atom is -0.475 e. The molecule has 2 aliphatic heterocycles. The summed E-state index contributed by atoms with van der Waals surface area (Å²) in [5.41, 5.74) is -0.109. The quantitative estimate of drug-likeness (QED) is 0.809. The molecule has 0 aromatic carbocycles. The fourth-order valence-corrected chi connectivity index (χ4v) is 3.61. The number of likely N-dealkylation sites (tertiary alicyclic amines) is 1. The Morgan fingerprint density at radius 3 is 2.45 bits per heavy atom. The summed E-state index contributed by atoms with van der Waals surface area (Å²) in [4.78, 5) is 25.4. The van der Waals surface area contributed by atoms with Crippen molar-refractivity contribution >= 4 is 11.9 Å². The van der Waals surface area contributed by atoms with E-state index in [9.17, 15) is 18.0 Å². The van der Waals surface area contributed by atoms with Gasteiger partial charge in [0.15, 0.2) is 0 Å². The Bertz CT molecular complexity index is 695. The topological polar surface area (TPSA) is 83.2 Å². The van der Waals surface area contributed by atoms with E-state index in [2.05, 4.69) is 9.80 Å². The van der Waals surface area contributed by atoms with E-state index in [1.807, 2.05) is 12.1 Å². The smallest absolute Gasteiger partial charge is 0.475 e. The first-order valence-electron chi connectivity index (χ1n) is 9.63. The van der Waals surface area contributed by atoms with Crippen LogP contribution < -0.4 is 0 Å². The molecule has 29 heavy (non-hydrogen) atoms. The van der Waals surface area contributed by atoms with Crippen LogP contribution in [0.5, 0.6) is 0 Å². The van der Waals surface area contributed by atoms with Gasteiger partial charge in [0.2, 0.25) is 5.91 Å². The molecule has 0 radical (unpaired) electrons. The van der Waals surface area contributed by atoms with E-state index in [4.69, 9.17) is 19.1 Å². The van der Waals surface area contributed by atoms with Crippen LogP contribution in [-0.4, -0.2) is 71.3 Å². The Morgan fingerprint density at radius 2 is 1.93 bits per heavy atom. The molecule has 7 nitrogen and oxygen atoms in total. The summed E-state index contributed by atoms with van der Waals surface area (Å²) < 4.78 is 43.2. The molecule has 1 N–H and O–H groups in total. The maximum absolute atomic E-state index is 12.0. The van der Waals surface area contributed by atoms with Gasteiger partial charge in [-0.2, -0.15) is 13.2 Å². The molecule has 1 amide bonds. The molecule has 10 heteroatoms. The van der Waals surface area contributed by atoms with Crippen molar-refractivity contribution in [2.75, 3.05) is 32.8 Å². The number of halogens is 3. The molecule has 1 saturated carbocycles. The molecule has 1 aromatic heterocycles. The van der Waals surface area contributed by atoms with Gasteiger partial charge in [-0.25, -0.2) is 4.79 Å². The lowest BCUT2D eigenvalue weighted by molar-refractivity contribution is -0.192. The summed E-state index contributed by atoms with van der Waals surface area (Å²) in [6, 6.07) is 3.96. The lowest BCUT2D eigenvalue weighted by Gasteiger charge is -2.47. The van der Waals surface area contributed by atoms with Crippen molar-refractivity contribution in [1.82, 2.24) is 9.80 Å². The van der Waals surface area contributed by atoms with Gasteiger partial charge in [-0.15, -0.1) is 0 Å². The number of aliphatic carboxylic acids is 1. The second-order valence-electron chi connectivity index (χ2n) is 7.85. The number of morpholine rings is 1. The largest absolute Gasteiger partial charge is 0.490 e. The molecular weight excluding hydrogens is 393 g/mol. The molecule has 162 valence electrons. The summed E-state index contributed by atoms with van der Waals surface area (Å²) in [7, 11) is 0. The summed E-state index contributed by atoms with van der Waals surface area (Å²) in [5, 5.41) is 7.12. The summed E-state index contributed by atoms with van der Waals surface area (Å²) >= 11 is 0. The monoisotopic (exact) mass is 418 g/mol. The molecule has 0 unspecified atom stereocenters. The van der Waals surface area contributed by atoms with E-state index in [-0.39, 0.29) is 18.1 Å². The van der Waals surface area contributed by atoms with Crippen molar-refractivity contribution in [2.24, 2.45) is 5.92 Å². The molecule has 4 rings (SSSR count). The number of ether oxygens (including phenoxy) is 1. The van der Waals surface area contributed by atoms with Gasteiger partial charge in [-0.3, -0.25) is 9.69 Å². The molecule has 3 aliphatic rings. The van der Waals surface area contributed by atoms with Gasteiger partial charge in [-0.1, -0.05) is 0 Å². The number of hydrogen-bond acceptors (Lipinski definition) is 5. The first-order valence-corrected chi connectivity index (χ1v) is 9.63. The molecule has 0 bridgehead atoms. The number of alkyl halides is 3. The zero-order chi connectivity index (χ0) is 21.1. The van der Waals surface area contributed by atoms with Crippen LogP contribution in [-0.2, 0) is 20.9 Å². The Hall–Kier alpha value is -2.07. The van der Waals surface area contributed by atoms with Crippen LogP contribution in [0.1, 0.15) is 31.4 Å². The molecule has 0 atom stereocenters. The third kappa shape index (κ3) is 6.20. The molecule has 3 fully saturated rings. The van der Waals surface area contributed by atoms with Gasteiger partial charge in [-0.05, 0) is 43.7 Å². The summed E-state index contributed by atoms with van der Waals surface area (Å²) in [6.45, 7) is 4.88. The lowest BCUT2D eigenvalue weighted by Crippen LogP contribution is -2.58. The van der Waals surface area contributed by atoms with Crippen molar-refractivity contribution < 1.29 is 37.0 Å². The van der Waals surface area contributed by atoms with Crippen LogP contribution in [0.4, 0.5) is 13.2 Å². The highest BCUT2D eigenvalue weighted by atomic mass is 19.4. The van der Waals surface area contributed by atoms with E-state index in [0.717, 1.165) is 57.2 Å². The van der Waals surface area contributed by atoms with E-state index in [1.54, 1.807) is 6.26 Å². The molecule has 3 heterocycles. The van der Waals surface area contributed by atoms with Crippen molar-refractivity contribution in [3.05, 3.63) is 24.2 Å². The average Bonchev–Trinajstić information content (AvgIpc) is 3.33. The second-order valence-corrected chi connectivity index (χ2v) is 7.85. The summed E-state index contributed by atoms with van der Waals surface area (Å²) in [6.07, 6.45) is 1.22. The van der Waals surface area contributed by atoms with Crippen LogP contribution in [0.3, 0.4) is 0 Å². The average molecular weight is 418 g/mol. The Labute approximate surface area is 166 Å². The maximum Gasteiger partial charge on any atom is 0.490 e. The van der Waals surface area contributed by atoms with Crippen molar-refractivity contribution in [1.29, 1.82) is 0 Å². The number of rotatable bonds is 4. The van der Waals surface area contributed by atoms with E-state index in [0.29, 0.717) is 0 Å². The Balaban J connectivity index is 0.000000298. The molecule has 2 saturated heterocycles. The zero-order valence-corrected chi connectivity index (χ0v) is 16.0. The third-order valence-electron chi connectivity index (χ3n) is 5.48. The van der Waals surface area contributed by atoms with Crippen molar-refractivity contribution in [3.63, 3.8) is 0 Å². The zero-order valence-electron chi connectivity index (χ0n) is 16.0. The van der Waals surface area contributed by atoms with Crippen molar-refractivity contribution in [2.45, 2.75) is 44.0 Å². The highest BCUT2D eigenvalue weighted by molar-refractivity contribution is 5.78. The SMILES string of the molecule is O=C(O)C(F)(F)F.O=C1COC2(CCN(Cc3ccco3)CC2)CN1CC1CC1. The Morgan fingerprint density at radius 1 is 1.28 bits per heavy atom. The van der Waals surface area contributed by atoms with E-state index < -0.39 is 12.1 Å². The minimum atomic E-state index is -5.08. The van der Waals surface area contributed by atoms with Gasteiger partial charge in [0.25, 0.3) is 0 Å². The molecular formula is C19H25F3N2O5. The number of carbonyl (C=O) groups excluding carboxylic acids is 1. The second kappa shape index (κ2) is 8.74. The first-order chi connectivity index (χ1) is 13.7. The van der Waals surface area contributed by atoms with Crippen LogP contribution >= 0.6 is 0 Å². The molecule has 1 aromatic rings. The number of carbonyl (C=O) groups is 2. The highest BCUT2D eigenvalue weighted by Gasteiger charge is 2.43. The highest BCUT2D eigenvalue weighted by Crippen LogP contribution is 2.35. The molecule has 1 aliphatic carbocycles. The first kappa shape index (κ1) is 21.6. The van der Waals surface area contributed by atoms with Gasteiger partial charge >= 0.3 is 12.1 Å². The molecule has 1 spiro atoms. The van der Waals surface area contributed by atoms with Gasteiger partial charge in [0.05, 0.1) is 18.4 Å². The normalized spacial score (nSPS) is 22.3. The van der Waals surface area contributed by atoms with Gasteiger partial charge < -0.3 is 19.2 Å². The van der Waals surface area contributed by atoms with E-state index in [1.165, 1.54) is 12.8 Å². The number of furan rings is 1. The number of nitrogens with zero attached hydrogens (tertiary/aromatic N) is 2. The van der Waals surface area contributed by atoms with Gasteiger partial charge in [0.1, 0.15) is 12.4 Å². The van der Waals surface area contributed by atoms with Gasteiger partial charge in [0, 0.05) is 26.2 Å². The predicted octanol–water partition coefficient (Wildman–Crippen LogP) is 2.52. The number of piperidine rings is 1. The van der Waals surface area contributed by atoms with Crippen molar-refractivity contribution in [3.8, 4) is 0 Å². The van der Waals surface area contributed by atoms with Crippen LogP contribution in [0.2, 0.25) is 0 Å². The standard InChI is InChI=1S/C17H24N2O3.C2HF3O2/c20-16-12-22-17(13-19(16)10-14-3-4-14)5-7-18(8-6-17)11-15-2-1-9-21-15;3-2(4,5)1(6)7/h1-2,9,14H,3-8,10-13H2;(H,6,7).